The van der Waals surface area contributed by atoms with Crippen LogP contribution in [0.3, 0.4) is 0 Å². The van der Waals surface area contributed by atoms with Crippen LogP contribution < -0.4 is 15.0 Å². The first-order valence-corrected chi connectivity index (χ1v) is 6.23. The van der Waals surface area contributed by atoms with Gasteiger partial charge in [-0.2, -0.15) is 0 Å². The number of piperidine rings is 1. The van der Waals surface area contributed by atoms with Gasteiger partial charge in [-0.05, 0) is 44.5 Å². The average molecular weight is 235 g/mol. The van der Waals surface area contributed by atoms with E-state index in [1.807, 2.05) is 19.2 Å². The number of rotatable bonds is 4. The quantitative estimate of drug-likeness (QED) is 0.858. The van der Waals surface area contributed by atoms with Crippen molar-refractivity contribution in [3.05, 3.63) is 18.3 Å². The first kappa shape index (κ1) is 12.2. The molecule has 1 aromatic rings. The SMILES string of the molecule is CNCC1CCN(c2ccc(OC)cn2)CC1. The van der Waals surface area contributed by atoms with Crippen LogP contribution in [0.1, 0.15) is 12.8 Å². The molecular formula is C13H21N3O. The zero-order valence-electron chi connectivity index (χ0n) is 10.6. The number of nitrogens with one attached hydrogen (secondary N) is 1. The molecular weight excluding hydrogens is 214 g/mol. The van der Waals surface area contributed by atoms with Crippen molar-refractivity contribution in [3.63, 3.8) is 0 Å². The first-order chi connectivity index (χ1) is 8.33. The molecule has 0 aliphatic carbocycles. The molecule has 1 saturated heterocycles. The summed E-state index contributed by atoms with van der Waals surface area (Å²) < 4.78 is 5.12. The highest BCUT2D eigenvalue weighted by Crippen LogP contribution is 2.22. The van der Waals surface area contributed by atoms with E-state index in [4.69, 9.17) is 4.74 Å². The fourth-order valence-corrected chi connectivity index (χ4v) is 2.34. The van der Waals surface area contributed by atoms with Crippen molar-refractivity contribution in [2.24, 2.45) is 5.92 Å². The van der Waals surface area contributed by atoms with Crippen molar-refractivity contribution in [1.82, 2.24) is 10.3 Å². The number of aromatic nitrogens is 1. The van der Waals surface area contributed by atoms with E-state index in [9.17, 15) is 0 Å². The minimum Gasteiger partial charge on any atom is -0.495 e. The molecule has 4 nitrogen and oxygen atoms in total. The summed E-state index contributed by atoms with van der Waals surface area (Å²) in [6, 6.07) is 4.01. The van der Waals surface area contributed by atoms with Crippen molar-refractivity contribution >= 4 is 5.82 Å². The monoisotopic (exact) mass is 235 g/mol. The topological polar surface area (TPSA) is 37.4 Å². The van der Waals surface area contributed by atoms with Gasteiger partial charge in [0.05, 0.1) is 13.3 Å². The fraction of sp³-hybridized carbons (Fsp3) is 0.615. The summed E-state index contributed by atoms with van der Waals surface area (Å²) in [6.07, 6.45) is 4.28. The van der Waals surface area contributed by atoms with Gasteiger partial charge in [-0.15, -0.1) is 0 Å². The molecule has 2 rings (SSSR count). The van der Waals surface area contributed by atoms with Crippen LogP contribution in [0.15, 0.2) is 18.3 Å². The maximum absolute atomic E-state index is 5.12. The van der Waals surface area contributed by atoms with Crippen molar-refractivity contribution < 1.29 is 4.74 Å². The molecule has 0 amide bonds. The second-order valence-corrected chi connectivity index (χ2v) is 4.54. The van der Waals surface area contributed by atoms with E-state index in [1.165, 1.54) is 12.8 Å². The maximum Gasteiger partial charge on any atom is 0.137 e. The number of hydrogen-bond acceptors (Lipinski definition) is 4. The third kappa shape index (κ3) is 3.09. The Morgan fingerprint density at radius 2 is 2.18 bits per heavy atom. The van der Waals surface area contributed by atoms with Gasteiger partial charge in [-0.25, -0.2) is 4.98 Å². The summed E-state index contributed by atoms with van der Waals surface area (Å²) in [7, 11) is 3.69. The largest absolute Gasteiger partial charge is 0.495 e. The Balaban J connectivity index is 1.91. The number of ether oxygens (including phenoxy) is 1. The highest BCUT2D eigenvalue weighted by molar-refractivity contribution is 5.41. The van der Waals surface area contributed by atoms with Crippen molar-refractivity contribution in [3.8, 4) is 5.75 Å². The molecule has 4 heteroatoms. The Kier molecular flexibility index (Phi) is 4.20. The van der Waals surface area contributed by atoms with Gasteiger partial charge in [-0.3, -0.25) is 0 Å². The molecule has 0 spiro atoms. The lowest BCUT2D eigenvalue weighted by molar-refractivity contribution is 0.391. The van der Waals surface area contributed by atoms with E-state index >= 15 is 0 Å². The van der Waals surface area contributed by atoms with Crippen LogP contribution in [0.25, 0.3) is 0 Å². The lowest BCUT2D eigenvalue weighted by atomic mass is 9.97. The van der Waals surface area contributed by atoms with Gasteiger partial charge in [-0.1, -0.05) is 0 Å². The molecule has 2 heterocycles. The Bertz CT molecular complexity index is 331. The average Bonchev–Trinajstić information content (AvgIpc) is 2.40. The summed E-state index contributed by atoms with van der Waals surface area (Å²) in [6.45, 7) is 3.33. The predicted octanol–water partition coefficient (Wildman–Crippen LogP) is 1.53. The molecule has 0 unspecified atom stereocenters. The van der Waals surface area contributed by atoms with Crippen LogP contribution in [0.2, 0.25) is 0 Å². The van der Waals surface area contributed by atoms with Crippen LogP contribution in [-0.2, 0) is 0 Å². The molecule has 1 aromatic heterocycles. The second kappa shape index (κ2) is 5.87. The van der Waals surface area contributed by atoms with Gasteiger partial charge >= 0.3 is 0 Å². The Hall–Kier alpha value is -1.29. The maximum atomic E-state index is 5.12. The summed E-state index contributed by atoms with van der Waals surface area (Å²) in [5.41, 5.74) is 0. The molecule has 0 bridgehead atoms. The van der Waals surface area contributed by atoms with E-state index in [-0.39, 0.29) is 0 Å². The molecule has 94 valence electrons. The highest BCUT2D eigenvalue weighted by Gasteiger charge is 2.19. The summed E-state index contributed by atoms with van der Waals surface area (Å²) >= 11 is 0. The van der Waals surface area contributed by atoms with E-state index in [0.717, 1.165) is 37.1 Å². The van der Waals surface area contributed by atoms with Crippen molar-refractivity contribution in [2.75, 3.05) is 38.7 Å². The summed E-state index contributed by atoms with van der Waals surface area (Å²) in [5, 5.41) is 3.26. The van der Waals surface area contributed by atoms with Crippen LogP contribution in [0, 0.1) is 5.92 Å². The third-order valence-corrected chi connectivity index (χ3v) is 3.39. The van der Waals surface area contributed by atoms with Gasteiger partial charge in [0.1, 0.15) is 11.6 Å². The van der Waals surface area contributed by atoms with Crippen LogP contribution in [0.5, 0.6) is 5.75 Å². The number of nitrogens with zero attached hydrogens (tertiary/aromatic N) is 2. The minimum atomic E-state index is 0.814. The number of methoxy groups -OCH3 is 1. The molecule has 0 saturated carbocycles. The molecule has 1 aliphatic rings. The smallest absolute Gasteiger partial charge is 0.137 e. The second-order valence-electron chi connectivity index (χ2n) is 4.54. The zero-order chi connectivity index (χ0) is 12.1. The van der Waals surface area contributed by atoms with Crippen molar-refractivity contribution in [2.45, 2.75) is 12.8 Å². The Morgan fingerprint density at radius 1 is 1.41 bits per heavy atom. The number of hydrogen-bond donors (Lipinski definition) is 1. The number of anilines is 1. The highest BCUT2D eigenvalue weighted by atomic mass is 16.5. The molecule has 0 aromatic carbocycles. The fourth-order valence-electron chi connectivity index (χ4n) is 2.34. The predicted molar refractivity (Wildman–Crippen MR) is 69.7 cm³/mol. The lowest BCUT2D eigenvalue weighted by Crippen LogP contribution is -2.37. The number of pyridine rings is 1. The summed E-state index contributed by atoms with van der Waals surface area (Å²) in [5.74, 6) is 2.70. The van der Waals surface area contributed by atoms with Crippen LogP contribution in [-0.4, -0.2) is 38.8 Å². The first-order valence-electron chi connectivity index (χ1n) is 6.23. The van der Waals surface area contributed by atoms with Gasteiger partial charge in [0, 0.05) is 13.1 Å². The van der Waals surface area contributed by atoms with Crippen molar-refractivity contribution in [1.29, 1.82) is 0 Å². The van der Waals surface area contributed by atoms with E-state index < -0.39 is 0 Å². The van der Waals surface area contributed by atoms with E-state index in [2.05, 4.69) is 15.2 Å². The molecule has 1 aliphatic heterocycles. The third-order valence-electron chi connectivity index (χ3n) is 3.39. The van der Waals surface area contributed by atoms with E-state index in [1.54, 1.807) is 13.3 Å². The Labute approximate surface area is 103 Å². The molecule has 0 atom stereocenters. The standard InChI is InChI=1S/C13H21N3O/c1-14-9-11-5-7-16(8-6-11)13-4-3-12(17-2)10-15-13/h3-4,10-11,14H,5-9H2,1-2H3. The van der Waals surface area contributed by atoms with Gasteiger partial charge in [0.2, 0.25) is 0 Å². The minimum absolute atomic E-state index is 0.814. The zero-order valence-corrected chi connectivity index (χ0v) is 10.6. The normalized spacial score (nSPS) is 17.2. The van der Waals surface area contributed by atoms with Crippen LogP contribution >= 0.6 is 0 Å². The van der Waals surface area contributed by atoms with Gasteiger partial charge < -0.3 is 15.0 Å². The van der Waals surface area contributed by atoms with Gasteiger partial charge in [0.15, 0.2) is 0 Å². The summed E-state index contributed by atoms with van der Waals surface area (Å²) in [4.78, 5) is 6.78. The molecule has 1 N–H and O–H groups in total. The Morgan fingerprint density at radius 3 is 2.71 bits per heavy atom. The molecule has 1 fully saturated rings. The van der Waals surface area contributed by atoms with Crippen LogP contribution in [0.4, 0.5) is 5.82 Å². The lowest BCUT2D eigenvalue weighted by Gasteiger charge is -2.32. The molecule has 0 radical (unpaired) electrons. The molecule has 17 heavy (non-hydrogen) atoms. The van der Waals surface area contributed by atoms with E-state index in [0.29, 0.717) is 0 Å². The van der Waals surface area contributed by atoms with Gasteiger partial charge in [0.25, 0.3) is 0 Å².